The zero-order valence-corrected chi connectivity index (χ0v) is 20.9. The van der Waals surface area contributed by atoms with Gasteiger partial charge in [0.25, 0.3) is 5.91 Å². The normalized spacial score (nSPS) is 20.9. The number of aromatic nitrogens is 2. The number of nitrogens with one attached hydrogen (secondary N) is 3. The number of rotatable bonds is 10. The summed E-state index contributed by atoms with van der Waals surface area (Å²) in [5.74, 6) is 1.46. The number of benzene rings is 1. The Bertz CT molecular complexity index is 925. The van der Waals surface area contributed by atoms with Gasteiger partial charge in [0, 0.05) is 44.1 Å². The van der Waals surface area contributed by atoms with Crippen molar-refractivity contribution >= 4 is 23.4 Å². The molecule has 2 aromatic rings. The second-order valence-electron chi connectivity index (χ2n) is 9.86. The SMILES string of the molecule is CCCCNc1ncc(C(=O)NCC2CCN(c3ccccc3)CC2)c(NC2CCC(O)CC2)n1. The standard InChI is InChI=1S/C27H40N6O2/c1-2-3-15-28-27-30-19-24(25(32-27)31-21-9-11-23(34)12-10-21)26(35)29-18-20-13-16-33(17-14-20)22-7-5-4-6-8-22/h4-8,19-21,23,34H,2-3,9-18H2,1H3,(H,29,35)(H2,28,30,31,32). The van der Waals surface area contributed by atoms with Gasteiger partial charge in [0.2, 0.25) is 5.95 Å². The summed E-state index contributed by atoms with van der Waals surface area (Å²) in [5.41, 5.74) is 1.75. The third-order valence-corrected chi connectivity index (χ3v) is 7.17. The van der Waals surface area contributed by atoms with E-state index in [2.05, 4.69) is 62.0 Å². The molecule has 1 saturated heterocycles. The van der Waals surface area contributed by atoms with Gasteiger partial charge >= 0.3 is 0 Å². The molecule has 4 N–H and O–H groups in total. The Morgan fingerprint density at radius 3 is 2.54 bits per heavy atom. The van der Waals surface area contributed by atoms with Gasteiger partial charge < -0.3 is 26.0 Å². The molecular formula is C27H40N6O2. The minimum absolute atomic E-state index is 0.131. The number of aliphatic hydroxyl groups excluding tert-OH is 1. The fourth-order valence-electron chi connectivity index (χ4n) is 4.90. The minimum Gasteiger partial charge on any atom is -0.393 e. The Balaban J connectivity index is 1.34. The summed E-state index contributed by atoms with van der Waals surface area (Å²) in [6.45, 7) is 5.62. The van der Waals surface area contributed by atoms with Crippen LogP contribution in [0.1, 0.15) is 68.6 Å². The number of amides is 1. The van der Waals surface area contributed by atoms with Gasteiger partial charge in [-0.2, -0.15) is 4.98 Å². The first kappa shape index (κ1) is 25.2. The number of piperidine rings is 1. The summed E-state index contributed by atoms with van der Waals surface area (Å²) < 4.78 is 0. The molecule has 2 aliphatic rings. The maximum Gasteiger partial charge on any atom is 0.256 e. The van der Waals surface area contributed by atoms with Crippen LogP contribution in [-0.4, -0.2) is 59.3 Å². The Morgan fingerprint density at radius 1 is 1.09 bits per heavy atom. The van der Waals surface area contributed by atoms with Crippen molar-refractivity contribution < 1.29 is 9.90 Å². The Labute approximate surface area is 208 Å². The summed E-state index contributed by atoms with van der Waals surface area (Å²) in [6, 6.07) is 10.7. The van der Waals surface area contributed by atoms with Gasteiger partial charge in [-0.25, -0.2) is 4.98 Å². The van der Waals surface area contributed by atoms with Crippen LogP contribution in [0.5, 0.6) is 0 Å². The maximum absolute atomic E-state index is 13.2. The van der Waals surface area contributed by atoms with Crippen molar-refractivity contribution in [2.45, 2.75) is 70.4 Å². The molecular weight excluding hydrogens is 440 g/mol. The lowest BCUT2D eigenvalue weighted by molar-refractivity contribution is 0.0944. The second-order valence-corrected chi connectivity index (χ2v) is 9.86. The van der Waals surface area contributed by atoms with Crippen molar-refractivity contribution in [2.75, 3.05) is 41.7 Å². The molecule has 8 heteroatoms. The molecule has 0 unspecified atom stereocenters. The van der Waals surface area contributed by atoms with E-state index < -0.39 is 0 Å². The second kappa shape index (κ2) is 12.7. The van der Waals surface area contributed by atoms with Crippen LogP contribution in [0.2, 0.25) is 0 Å². The topological polar surface area (TPSA) is 102 Å². The Kier molecular flexibility index (Phi) is 9.17. The molecule has 1 aliphatic heterocycles. The fourth-order valence-corrected chi connectivity index (χ4v) is 4.90. The predicted molar refractivity (Wildman–Crippen MR) is 141 cm³/mol. The number of unbranched alkanes of at least 4 members (excludes halogenated alkanes) is 1. The minimum atomic E-state index is -0.221. The van der Waals surface area contributed by atoms with Crippen LogP contribution in [0, 0.1) is 5.92 Å². The fraction of sp³-hybridized carbons (Fsp3) is 0.593. The zero-order chi connectivity index (χ0) is 24.5. The average Bonchev–Trinajstić information content (AvgIpc) is 2.90. The first-order valence-electron chi connectivity index (χ1n) is 13.3. The number of para-hydroxylation sites is 1. The van der Waals surface area contributed by atoms with E-state index in [4.69, 9.17) is 0 Å². The molecule has 0 radical (unpaired) electrons. The van der Waals surface area contributed by atoms with Gasteiger partial charge in [-0.15, -0.1) is 0 Å². The molecule has 2 fully saturated rings. The molecule has 1 aliphatic carbocycles. The van der Waals surface area contributed by atoms with E-state index >= 15 is 0 Å². The van der Waals surface area contributed by atoms with E-state index in [1.165, 1.54) is 5.69 Å². The van der Waals surface area contributed by atoms with E-state index in [1.54, 1.807) is 6.20 Å². The summed E-state index contributed by atoms with van der Waals surface area (Å²) in [7, 11) is 0. The summed E-state index contributed by atoms with van der Waals surface area (Å²) in [5, 5.41) is 19.7. The van der Waals surface area contributed by atoms with Crippen LogP contribution >= 0.6 is 0 Å². The molecule has 2 heterocycles. The zero-order valence-electron chi connectivity index (χ0n) is 20.9. The molecule has 0 bridgehead atoms. The highest BCUT2D eigenvalue weighted by Gasteiger charge is 2.24. The number of nitrogens with zero attached hydrogens (tertiary/aromatic N) is 3. The van der Waals surface area contributed by atoms with Crippen LogP contribution in [0.4, 0.5) is 17.5 Å². The van der Waals surface area contributed by atoms with E-state index in [0.29, 0.717) is 29.8 Å². The van der Waals surface area contributed by atoms with E-state index in [0.717, 1.165) is 71.0 Å². The molecule has 1 saturated carbocycles. The van der Waals surface area contributed by atoms with Crippen molar-refractivity contribution in [1.82, 2.24) is 15.3 Å². The molecule has 0 spiro atoms. The average molecular weight is 481 g/mol. The van der Waals surface area contributed by atoms with Crippen molar-refractivity contribution in [3.8, 4) is 0 Å². The molecule has 1 aromatic carbocycles. The van der Waals surface area contributed by atoms with Crippen LogP contribution in [0.25, 0.3) is 0 Å². The monoisotopic (exact) mass is 480 g/mol. The highest BCUT2D eigenvalue weighted by molar-refractivity contribution is 5.98. The first-order chi connectivity index (χ1) is 17.1. The van der Waals surface area contributed by atoms with Crippen LogP contribution < -0.4 is 20.9 Å². The largest absolute Gasteiger partial charge is 0.393 e. The van der Waals surface area contributed by atoms with E-state index in [-0.39, 0.29) is 18.1 Å². The van der Waals surface area contributed by atoms with Crippen molar-refractivity contribution in [3.05, 3.63) is 42.1 Å². The molecule has 0 atom stereocenters. The summed E-state index contributed by atoms with van der Waals surface area (Å²) in [6.07, 6.45) is 8.93. The highest BCUT2D eigenvalue weighted by Crippen LogP contribution is 2.25. The van der Waals surface area contributed by atoms with Crippen LogP contribution in [0.15, 0.2) is 36.5 Å². The van der Waals surface area contributed by atoms with Gasteiger partial charge in [-0.3, -0.25) is 4.79 Å². The van der Waals surface area contributed by atoms with Crippen LogP contribution in [0.3, 0.4) is 0 Å². The number of carbonyl (C=O) groups excluding carboxylic acids is 1. The predicted octanol–water partition coefficient (Wildman–Crippen LogP) is 4.05. The molecule has 1 amide bonds. The lowest BCUT2D eigenvalue weighted by Gasteiger charge is -2.33. The molecule has 8 nitrogen and oxygen atoms in total. The van der Waals surface area contributed by atoms with Gasteiger partial charge in [-0.05, 0) is 63.0 Å². The van der Waals surface area contributed by atoms with Gasteiger partial charge in [0.15, 0.2) is 0 Å². The maximum atomic E-state index is 13.2. The number of hydrogen-bond donors (Lipinski definition) is 4. The van der Waals surface area contributed by atoms with Gasteiger partial charge in [0.05, 0.1) is 6.10 Å². The number of hydrogen-bond acceptors (Lipinski definition) is 7. The summed E-state index contributed by atoms with van der Waals surface area (Å²) >= 11 is 0. The van der Waals surface area contributed by atoms with Crippen LogP contribution in [-0.2, 0) is 0 Å². The molecule has 190 valence electrons. The summed E-state index contributed by atoms with van der Waals surface area (Å²) in [4.78, 5) is 24.6. The third kappa shape index (κ3) is 7.31. The van der Waals surface area contributed by atoms with Crippen molar-refractivity contribution in [3.63, 3.8) is 0 Å². The van der Waals surface area contributed by atoms with E-state index in [1.807, 2.05) is 6.07 Å². The lowest BCUT2D eigenvalue weighted by atomic mass is 9.93. The quantitative estimate of drug-likeness (QED) is 0.381. The molecule has 1 aromatic heterocycles. The lowest BCUT2D eigenvalue weighted by Crippen LogP contribution is -2.39. The Hall–Kier alpha value is -2.87. The first-order valence-corrected chi connectivity index (χ1v) is 13.3. The van der Waals surface area contributed by atoms with Gasteiger partial charge in [0.1, 0.15) is 11.4 Å². The van der Waals surface area contributed by atoms with Gasteiger partial charge in [-0.1, -0.05) is 31.5 Å². The Morgan fingerprint density at radius 2 is 1.83 bits per heavy atom. The number of carbonyl (C=O) groups is 1. The molecule has 4 rings (SSSR count). The third-order valence-electron chi connectivity index (χ3n) is 7.17. The number of anilines is 3. The van der Waals surface area contributed by atoms with Crippen molar-refractivity contribution in [1.29, 1.82) is 0 Å². The molecule has 35 heavy (non-hydrogen) atoms. The van der Waals surface area contributed by atoms with E-state index in [9.17, 15) is 9.90 Å². The number of aliphatic hydroxyl groups is 1. The highest BCUT2D eigenvalue weighted by atomic mass is 16.3. The smallest absolute Gasteiger partial charge is 0.256 e. The van der Waals surface area contributed by atoms with Crippen molar-refractivity contribution in [2.24, 2.45) is 5.92 Å².